The zero-order chi connectivity index (χ0) is 13.0. The van der Waals surface area contributed by atoms with E-state index in [2.05, 4.69) is 41.5 Å². The Balaban J connectivity index is 2.14. The fraction of sp³-hybridized carbons (Fsp3) is 1.00. The van der Waals surface area contributed by atoms with Gasteiger partial charge in [-0.15, -0.1) is 0 Å². The van der Waals surface area contributed by atoms with Gasteiger partial charge in [0.25, 0.3) is 0 Å². The monoisotopic (exact) mass is 238 g/mol. The van der Waals surface area contributed by atoms with Crippen molar-refractivity contribution in [3.63, 3.8) is 0 Å². The van der Waals surface area contributed by atoms with E-state index >= 15 is 0 Å². The van der Waals surface area contributed by atoms with Gasteiger partial charge in [0.2, 0.25) is 0 Å². The van der Waals surface area contributed by atoms with Crippen LogP contribution in [0.3, 0.4) is 0 Å². The van der Waals surface area contributed by atoms with Gasteiger partial charge in [-0.2, -0.15) is 0 Å². The second-order valence-corrected chi connectivity index (χ2v) is 7.12. The van der Waals surface area contributed by atoms with E-state index in [0.717, 1.165) is 35.5 Å². The number of hydrogen-bond donors (Lipinski definition) is 0. The maximum absolute atomic E-state index is 2.46. The number of hydrogen-bond acceptors (Lipinski definition) is 0. The Labute approximate surface area is 110 Å². The molecule has 1 aliphatic carbocycles. The first-order chi connectivity index (χ1) is 7.97. The zero-order valence-electron chi connectivity index (χ0n) is 13.0. The summed E-state index contributed by atoms with van der Waals surface area (Å²) in [4.78, 5) is 0. The topological polar surface area (TPSA) is 0 Å². The summed E-state index contributed by atoms with van der Waals surface area (Å²) in [6.07, 6.45) is 7.25. The van der Waals surface area contributed by atoms with Crippen LogP contribution < -0.4 is 0 Å². The Morgan fingerprint density at radius 3 is 2.06 bits per heavy atom. The predicted molar refractivity (Wildman–Crippen MR) is 78.1 cm³/mol. The minimum Gasteiger partial charge on any atom is -0.0654 e. The molecule has 1 fully saturated rings. The third kappa shape index (κ3) is 4.64. The highest BCUT2D eigenvalue weighted by atomic mass is 14.5. The lowest BCUT2D eigenvalue weighted by atomic mass is 9.86. The summed E-state index contributed by atoms with van der Waals surface area (Å²) >= 11 is 0. The lowest BCUT2D eigenvalue weighted by Gasteiger charge is -2.20. The van der Waals surface area contributed by atoms with Crippen LogP contribution in [-0.2, 0) is 0 Å². The van der Waals surface area contributed by atoms with Crippen LogP contribution in [0.2, 0.25) is 0 Å². The molecule has 1 aliphatic rings. The van der Waals surface area contributed by atoms with Gasteiger partial charge in [0.05, 0.1) is 0 Å². The molecule has 0 aromatic carbocycles. The van der Waals surface area contributed by atoms with Crippen molar-refractivity contribution in [2.24, 2.45) is 35.5 Å². The Morgan fingerprint density at radius 1 is 0.941 bits per heavy atom. The summed E-state index contributed by atoms with van der Waals surface area (Å²) in [5.41, 5.74) is 0. The van der Waals surface area contributed by atoms with Crippen molar-refractivity contribution in [1.82, 2.24) is 0 Å². The van der Waals surface area contributed by atoms with Crippen molar-refractivity contribution in [3.05, 3.63) is 0 Å². The molecule has 102 valence electrons. The van der Waals surface area contributed by atoms with E-state index in [4.69, 9.17) is 0 Å². The van der Waals surface area contributed by atoms with Crippen molar-refractivity contribution >= 4 is 0 Å². The van der Waals surface area contributed by atoms with E-state index in [1.165, 1.54) is 32.1 Å². The third-order valence-corrected chi connectivity index (χ3v) is 5.29. The summed E-state index contributed by atoms with van der Waals surface area (Å²) in [5.74, 6) is 5.87. The van der Waals surface area contributed by atoms with Gasteiger partial charge in [-0.25, -0.2) is 0 Å². The SMILES string of the molecule is CCCC1C(C)C1CCC(C)CC(C)C(C)C. The molecule has 0 bridgehead atoms. The van der Waals surface area contributed by atoms with Gasteiger partial charge in [-0.05, 0) is 48.3 Å². The molecule has 0 N–H and O–H groups in total. The Kier molecular flexibility index (Phi) is 6.03. The van der Waals surface area contributed by atoms with Crippen LogP contribution >= 0.6 is 0 Å². The minimum absolute atomic E-state index is 0.852. The van der Waals surface area contributed by atoms with Gasteiger partial charge in [0, 0.05) is 0 Å². The van der Waals surface area contributed by atoms with Crippen LogP contribution in [0.15, 0.2) is 0 Å². The molecule has 1 saturated carbocycles. The van der Waals surface area contributed by atoms with Gasteiger partial charge < -0.3 is 0 Å². The maximum Gasteiger partial charge on any atom is -0.0355 e. The molecule has 0 amide bonds. The quantitative estimate of drug-likeness (QED) is 0.504. The molecule has 0 saturated heterocycles. The standard InChI is InChI=1S/C17H34/c1-7-8-16-15(6)17(16)10-9-13(4)11-14(5)12(2)3/h12-17H,7-11H2,1-6H3. The van der Waals surface area contributed by atoms with Gasteiger partial charge in [0.1, 0.15) is 0 Å². The average Bonchev–Trinajstić information content (AvgIpc) is 2.86. The van der Waals surface area contributed by atoms with E-state index in [1.807, 2.05) is 0 Å². The van der Waals surface area contributed by atoms with Crippen LogP contribution in [0.4, 0.5) is 0 Å². The molecule has 0 radical (unpaired) electrons. The van der Waals surface area contributed by atoms with E-state index in [-0.39, 0.29) is 0 Å². The lowest BCUT2D eigenvalue weighted by molar-refractivity contribution is 0.312. The summed E-state index contributed by atoms with van der Waals surface area (Å²) in [6, 6.07) is 0. The van der Waals surface area contributed by atoms with Crippen molar-refractivity contribution in [2.75, 3.05) is 0 Å². The summed E-state index contributed by atoms with van der Waals surface area (Å²) in [5, 5.41) is 0. The van der Waals surface area contributed by atoms with Crippen LogP contribution in [0.1, 0.15) is 73.6 Å². The molecular weight excluding hydrogens is 204 g/mol. The fourth-order valence-corrected chi connectivity index (χ4v) is 3.43. The maximum atomic E-state index is 2.46. The van der Waals surface area contributed by atoms with Crippen LogP contribution in [0, 0.1) is 35.5 Å². The predicted octanol–water partition coefficient (Wildman–Crippen LogP) is 5.77. The van der Waals surface area contributed by atoms with Gasteiger partial charge in [0.15, 0.2) is 0 Å². The molecule has 0 nitrogen and oxygen atoms in total. The first-order valence-electron chi connectivity index (χ1n) is 7.97. The minimum atomic E-state index is 0.852. The molecule has 0 aromatic heterocycles. The second kappa shape index (κ2) is 6.81. The zero-order valence-corrected chi connectivity index (χ0v) is 13.0. The average molecular weight is 238 g/mol. The molecule has 1 rings (SSSR count). The smallest absolute Gasteiger partial charge is 0.0355 e. The molecule has 0 aromatic rings. The van der Waals surface area contributed by atoms with Crippen molar-refractivity contribution < 1.29 is 0 Å². The number of rotatable bonds is 8. The fourth-order valence-electron chi connectivity index (χ4n) is 3.43. The molecule has 5 unspecified atom stereocenters. The highest BCUT2D eigenvalue weighted by molar-refractivity contribution is 4.93. The van der Waals surface area contributed by atoms with Crippen molar-refractivity contribution in [3.8, 4) is 0 Å². The first kappa shape index (κ1) is 15.1. The molecular formula is C17H34. The van der Waals surface area contributed by atoms with Gasteiger partial charge in [-0.1, -0.05) is 60.8 Å². The molecule has 0 heteroatoms. The largest absolute Gasteiger partial charge is 0.0654 e. The van der Waals surface area contributed by atoms with E-state index in [0.29, 0.717) is 0 Å². The van der Waals surface area contributed by atoms with Crippen LogP contribution in [0.25, 0.3) is 0 Å². The Hall–Kier alpha value is 0. The van der Waals surface area contributed by atoms with Gasteiger partial charge in [-0.3, -0.25) is 0 Å². The van der Waals surface area contributed by atoms with Gasteiger partial charge >= 0.3 is 0 Å². The lowest BCUT2D eigenvalue weighted by Crippen LogP contribution is -2.09. The summed E-state index contributed by atoms with van der Waals surface area (Å²) in [6.45, 7) is 14.4. The summed E-state index contributed by atoms with van der Waals surface area (Å²) in [7, 11) is 0. The molecule has 5 atom stereocenters. The normalized spacial score (nSPS) is 31.6. The van der Waals surface area contributed by atoms with Crippen molar-refractivity contribution in [1.29, 1.82) is 0 Å². The second-order valence-electron chi connectivity index (χ2n) is 7.12. The first-order valence-corrected chi connectivity index (χ1v) is 7.97. The van der Waals surface area contributed by atoms with Crippen LogP contribution in [0.5, 0.6) is 0 Å². The van der Waals surface area contributed by atoms with Crippen LogP contribution in [-0.4, -0.2) is 0 Å². The van der Waals surface area contributed by atoms with E-state index in [9.17, 15) is 0 Å². The van der Waals surface area contributed by atoms with Crippen molar-refractivity contribution in [2.45, 2.75) is 73.6 Å². The Morgan fingerprint density at radius 2 is 1.53 bits per heavy atom. The Bertz CT molecular complexity index is 206. The molecule has 0 aliphatic heterocycles. The van der Waals surface area contributed by atoms with E-state index in [1.54, 1.807) is 0 Å². The summed E-state index contributed by atoms with van der Waals surface area (Å²) < 4.78 is 0. The highest BCUT2D eigenvalue weighted by Crippen LogP contribution is 2.52. The molecule has 0 heterocycles. The highest BCUT2D eigenvalue weighted by Gasteiger charge is 2.44. The molecule has 17 heavy (non-hydrogen) atoms. The molecule has 0 spiro atoms. The third-order valence-electron chi connectivity index (χ3n) is 5.29. The van der Waals surface area contributed by atoms with E-state index < -0.39 is 0 Å².